The molecule has 0 aliphatic carbocycles. The molecule has 3 atom stereocenters. The van der Waals surface area contributed by atoms with Gasteiger partial charge in [-0.2, -0.15) is 0 Å². The Labute approximate surface area is 273 Å². The van der Waals surface area contributed by atoms with Crippen molar-refractivity contribution < 1.29 is 41.4 Å². The molecular formula is C34H41F4N3O5Si. The summed E-state index contributed by atoms with van der Waals surface area (Å²) >= 11 is 0. The molecule has 1 aliphatic heterocycles. The molecule has 47 heavy (non-hydrogen) atoms. The number of ether oxygens (including phenoxy) is 1. The van der Waals surface area contributed by atoms with Gasteiger partial charge in [0, 0.05) is 24.0 Å². The Bertz CT molecular complexity index is 1550. The largest absolute Gasteiger partial charge is 0.465 e. The maximum absolute atomic E-state index is 15.1. The molecule has 2 aromatic carbocycles. The number of amides is 2. The number of pyridine rings is 1. The van der Waals surface area contributed by atoms with E-state index < -0.39 is 61.7 Å². The van der Waals surface area contributed by atoms with E-state index in [0.29, 0.717) is 11.6 Å². The minimum absolute atomic E-state index is 0.0416. The van der Waals surface area contributed by atoms with Crippen molar-refractivity contribution >= 4 is 26.0 Å². The van der Waals surface area contributed by atoms with E-state index in [0.717, 1.165) is 18.3 Å². The summed E-state index contributed by atoms with van der Waals surface area (Å²) in [6.45, 7) is 10.9. The zero-order valence-electron chi connectivity index (χ0n) is 27.2. The number of carboxylic acid groups (broad SMARTS) is 1. The first-order valence-electron chi connectivity index (χ1n) is 15.4. The van der Waals surface area contributed by atoms with E-state index in [1.807, 2.05) is 0 Å². The van der Waals surface area contributed by atoms with Crippen LogP contribution in [0.15, 0.2) is 54.9 Å². The summed E-state index contributed by atoms with van der Waals surface area (Å²) in [6.07, 6.45) is 0.748. The third kappa shape index (κ3) is 9.39. The van der Waals surface area contributed by atoms with Crippen molar-refractivity contribution in [1.82, 2.24) is 9.88 Å². The van der Waals surface area contributed by atoms with Crippen molar-refractivity contribution in [3.8, 4) is 0 Å². The lowest BCUT2D eigenvalue weighted by Gasteiger charge is -2.41. The third-order valence-corrected chi connectivity index (χ3v) is 13.5. The molecule has 254 valence electrons. The summed E-state index contributed by atoms with van der Waals surface area (Å²) in [4.78, 5) is 30.6. The third-order valence-electron chi connectivity index (χ3n) is 9.00. The van der Waals surface area contributed by atoms with Gasteiger partial charge in [0.05, 0.1) is 50.0 Å². The molecular weight excluding hydrogens is 634 g/mol. The SMILES string of the molecule is CC(C)(C)[Si](C)(C)OCC1COC(CCc2c(F)cncc2NC(=O)CC(c2ccc(F)cc2)c2cc(F)cc(F)c2)CN1C(=O)O. The smallest absolute Gasteiger partial charge is 0.407 e. The minimum atomic E-state index is -2.12. The standard InChI is InChI=1S/C34H41F4N3O5Si/c1-34(2,3)47(4,5)46-20-26-19-45-27(18-41(26)33(43)44)10-11-28-30(38)16-39-17-31(28)40-32(42)15-29(21-6-8-23(35)9-7-21)22-12-24(36)14-25(37)13-22/h6-9,12-14,16-17,26-27,29H,10-11,15,18-20H2,1-5H3,(H,40,42)(H,43,44). The number of carbonyl (C=O) groups is 2. The number of morpholine rings is 1. The Hall–Kier alpha value is -3.81. The summed E-state index contributed by atoms with van der Waals surface area (Å²) in [5.41, 5.74) is 0.879. The first-order chi connectivity index (χ1) is 22.0. The van der Waals surface area contributed by atoms with E-state index in [2.05, 4.69) is 44.2 Å². The molecule has 1 fully saturated rings. The van der Waals surface area contributed by atoms with Gasteiger partial charge in [-0.05, 0) is 66.4 Å². The summed E-state index contributed by atoms with van der Waals surface area (Å²) in [6, 6.07) is 7.68. The number of hydrogen-bond acceptors (Lipinski definition) is 5. The molecule has 1 saturated heterocycles. The van der Waals surface area contributed by atoms with Gasteiger partial charge in [0.1, 0.15) is 23.3 Å². The molecule has 2 N–H and O–H groups in total. The second-order valence-corrected chi connectivity index (χ2v) is 18.2. The van der Waals surface area contributed by atoms with Gasteiger partial charge in [0.15, 0.2) is 8.32 Å². The van der Waals surface area contributed by atoms with E-state index in [1.165, 1.54) is 35.4 Å². The van der Waals surface area contributed by atoms with Crippen LogP contribution in [0.4, 0.5) is 28.0 Å². The molecule has 1 aromatic heterocycles. The highest BCUT2D eigenvalue weighted by Gasteiger charge is 2.40. The van der Waals surface area contributed by atoms with Crippen LogP contribution in [0.3, 0.4) is 0 Å². The predicted octanol–water partition coefficient (Wildman–Crippen LogP) is 7.50. The van der Waals surface area contributed by atoms with Crippen LogP contribution < -0.4 is 5.32 Å². The topological polar surface area (TPSA) is 101 Å². The van der Waals surface area contributed by atoms with E-state index in [-0.39, 0.29) is 60.9 Å². The van der Waals surface area contributed by atoms with E-state index in [4.69, 9.17) is 9.16 Å². The van der Waals surface area contributed by atoms with Crippen molar-refractivity contribution in [1.29, 1.82) is 0 Å². The molecule has 0 radical (unpaired) electrons. The molecule has 2 amide bonds. The highest BCUT2D eigenvalue weighted by Crippen LogP contribution is 2.37. The Balaban J connectivity index is 1.44. The van der Waals surface area contributed by atoms with Crippen LogP contribution in [0.1, 0.15) is 56.2 Å². The number of anilines is 1. The van der Waals surface area contributed by atoms with Crippen molar-refractivity contribution in [2.24, 2.45) is 0 Å². The van der Waals surface area contributed by atoms with Crippen LogP contribution in [0.2, 0.25) is 18.1 Å². The number of nitrogens with one attached hydrogen (secondary N) is 1. The lowest BCUT2D eigenvalue weighted by atomic mass is 9.88. The van der Waals surface area contributed by atoms with Gasteiger partial charge in [-0.25, -0.2) is 22.4 Å². The van der Waals surface area contributed by atoms with Crippen molar-refractivity contribution in [3.05, 3.63) is 94.8 Å². The van der Waals surface area contributed by atoms with Crippen LogP contribution in [0.5, 0.6) is 0 Å². The van der Waals surface area contributed by atoms with E-state index in [1.54, 1.807) is 0 Å². The van der Waals surface area contributed by atoms with Crippen LogP contribution >= 0.6 is 0 Å². The molecule has 0 bridgehead atoms. The Kier molecular flexibility index (Phi) is 11.5. The number of carbonyl (C=O) groups excluding carboxylic acids is 1. The highest BCUT2D eigenvalue weighted by atomic mass is 28.4. The lowest BCUT2D eigenvalue weighted by molar-refractivity contribution is -0.116. The molecule has 1 aliphatic rings. The molecule has 2 heterocycles. The molecule has 4 rings (SSSR count). The van der Waals surface area contributed by atoms with Crippen LogP contribution in [-0.2, 0) is 20.4 Å². The van der Waals surface area contributed by atoms with Gasteiger partial charge in [0.2, 0.25) is 5.91 Å². The van der Waals surface area contributed by atoms with Crippen LogP contribution in [0.25, 0.3) is 0 Å². The Morgan fingerprint density at radius 1 is 1.04 bits per heavy atom. The first kappa shape index (κ1) is 36.0. The average Bonchev–Trinajstić information content (AvgIpc) is 2.98. The van der Waals surface area contributed by atoms with Gasteiger partial charge >= 0.3 is 6.09 Å². The number of rotatable bonds is 11. The molecule has 8 nitrogen and oxygen atoms in total. The fourth-order valence-electron chi connectivity index (χ4n) is 5.24. The normalized spacial score (nSPS) is 17.8. The van der Waals surface area contributed by atoms with Crippen LogP contribution in [-0.4, -0.2) is 67.2 Å². The number of nitrogens with zero attached hydrogens (tertiary/aromatic N) is 2. The molecule has 0 spiro atoms. The minimum Gasteiger partial charge on any atom is -0.465 e. The molecule has 3 aromatic rings. The number of hydrogen-bond donors (Lipinski definition) is 2. The molecule has 3 unspecified atom stereocenters. The van der Waals surface area contributed by atoms with Gasteiger partial charge < -0.3 is 19.6 Å². The quantitative estimate of drug-likeness (QED) is 0.161. The molecule has 0 saturated carbocycles. The second kappa shape index (κ2) is 15.0. The van der Waals surface area contributed by atoms with Crippen LogP contribution in [0, 0.1) is 23.3 Å². The lowest BCUT2D eigenvalue weighted by Crippen LogP contribution is -2.55. The monoisotopic (exact) mass is 675 g/mol. The first-order valence-corrected chi connectivity index (χ1v) is 18.3. The summed E-state index contributed by atoms with van der Waals surface area (Å²) in [7, 11) is -2.12. The Morgan fingerprint density at radius 2 is 1.70 bits per heavy atom. The summed E-state index contributed by atoms with van der Waals surface area (Å²) in [5, 5.41) is 12.5. The zero-order chi connectivity index (χ0) is 34.5. The number of benzene rings is 2. The zero-order valence-corrected chi connectivity index (χ0v) is 28.2. The fourth-order valence-corrected chi connectivity index (χ4v) is 6.28. The van der Waals surface area contributed by atoms with Gasteiger partial charge in [-0.15, -0.1) is 0 Å². The van der Waals surface area contributed by atoms with Gasteiger partial charge in [-0.3, -0.25) is 14.7 Å². The maximum Gasteiger partial charge on any atom is 0.407 e. The van der Waals surface area contributed by atoms with Crippen molar-refractivity contribution in [2.45, 2.75) is 76.2 Å². The van der Waals surface area contributed by atoms with Gasteiger partial charge in [0.25, 0.3) is 0 Å². The second-order valence-electron chi connectivity index (χ2n) is 13.4. The van der Waals surface area contributed by atoms with Gasteiger partial charge in [-0.1, -0.05) is 32.9 Å². The predicted molar refractivity (Wildman–Crippen MR) is 172 cm³/mol. The van der Waals surface area contributed by atoms with E-state index in [9.17, 15) is 27.9 Å². The number of halogens is 4. The summed E-state index contributed by atoms with van der Waals surface area (Å²) < 4.78 is 69.1. The van der Waals surface area contributed by atoms with Crippen molar-refractivity contribution in [2.75, 3.05) is 25.1 Å². The highest BCUT2D eigenvalue weighted by molar-refractivity contribution is 6.74. The van der Waals surface area contributed by atoms with E-state index >= 15 is 4.39 Å². The van der Waals surface area contributed by atoms with Crippen molar-refractivity contribution in [3.63, 3.8) is 0 Å². The Morgan fingerprint density at radius 3 is 2.32 bits per heavy atom. The summed E-state index contributed by atoms with van der Waals surface area (Å²) in [5.74, 6) is -4.27. The molecule has 13 heteroatoms. The maximum atomic E-state index is 15.1. The fraction of sp³-hybridized carbons (Fsp3) is 0.441. The number of aromatic nitrogens is 1. The average molecular weight is 676 g/mol.